The van der Waals surface area contributed by atoms with Crippen LogP contribution in [0, 0.1) is 10.1 Å². The lowest BCUT2D eigenvalue weighted by Gasteiger charge is -2.10. The predicted molar refractivity (Wildman–Crippen MR) is 71.8 cm³/mol. The predicted octanol–water partition coefficient (Wildman–Crippen LogP) is 3.50. The van der Waals surface area contributed by atoms with E-state index >= 15 is 0 Å². The maximum atomic E-state index is 10.7. The second kappa shape index (κ2) is 6.44. The van der Waals surface area contributed by atoms with Crippen LogP contribution in [-0.2, 0) is 0 Å². The van der Waals surface area contributed by atoms with Crippen molar-refractivity contribution >= 4 is 11.4 Å². The summed E-state index contributed by atoms with van der Waals surface area (Å²) in [4.78, 5) is 10.3. The molecule has 5 heteroatoms. The number of benzene rings is 1. The number of non-ortho nitro benzene ring substituents is 1. The molecule has 18 heavy (non-hydrogen) atoms. The summed E-state index contributed by atoms with van der Waals surface area (Å²) in [6.07, 6.45) is 5.50. The second-order valence-corrected chi connectivity index (χ2v) is 3.59. The maximum absolute atomic E-state index is 10.7. The highest BCUT2D eigenvalue weighted by Gasteiger charge is 2.11. The Morgan fingerprint density at radius 2 is 2.22 bits per heavy atom. The van der Waals surface area contributed by atoms with E-state index in [1.54, 1.807) is 26.1 Å². The molecule has 1 rings (SSSR count). The smallest absolute Gasteiger partial charge is 0.273 e. The fraction of sp³-hybridized carbons (Fsp3) is 0.231. The van der Waals surface area contributed by atoms with Crippen molar-refractivity contribution in [3.05, 3.63) is 52.3 Å². The Morgan fingerprint density at radius 1 is 1.50 bits per heavy atom. The largest absolute Gasteiger partial charge is 0.460 e. The molecule has 1 aromatic rings. The molecule has 0 saturated heterocycles. The van der Waals surface area contributed by atoms with E-state index in [1.165, 1.54) is 12.1 Å². The van der Waals surface area contributed by atoms with Crippen LogP contribution in [0.5, 0.6) is 5.75 Å². The third kappa shape index (κ3) is 3.62. The number of allylic oxidation sites excluding steroid dienone is 4. The summed E-state index contributed by atoms with van der Waals surface area (Å²) in [6, 6.07) is 4.46. The maximum Gasteiger partial charge on any atom is 0.273 e. The highest BCUT2D eigenvalue weighted by atomic mass is 16.6. The van der Waals surface area contributed by atoms with Gasteiger partial charge in [-0.25, -0.2) is 0 Å². The average molecular weight is 248 g/mol. The van der Waals surface area contributed by atoms with Crippen LogP contribution in [0.2, 0.25) is 0 Å². The monoisotopic (exact) mass is 248 g/mol. The number of anilines is 1. The zero-order valence-electron chi connectivity index (χ0n) is 10.6. The van der Waals surface area contributed by atoms with Crippen molar-refractivity contribution < 1.29 is 9.66 Å². The van der Waals surface area contributed by atoms with Crippen LogP contribution in [0.1, 0.15) is 13.8 Å². The van der Waals surface area contributed by atoms with E-state index in [0.29, 0.717) is 17.2 Å². The van der Waals surface area contributed by atoms with E-state index in [2.05, 4.69) is 5.32 Å². The van der Waals surface area contributed by atoms with Gasteiger partial charge in [-0.2, -0.15) is 0 Å². The normalized spacial score (nSPS) is 11.6. The van der Waals surface area contributed by atoms with Crippen molar-refractivity contribution in [3.8, 4) is 5.75 Å². The van der Waals surface area contributed by atoms with Gasteiger partial charge in [0.25, 0.3) is 5.69 Å². The van der Waals surface area contributed by atoms with Gasteiger partial charge in [0.15, 0.2) is 5.75 Å². The van der Waals surface area contributed by atoms with E-state index in [9.17, 15) is 10.1 Å². The van der Waals surface area contributed by atoms with Gasteiger partial charge in [-0.3, -0.25) is 10.1 Å². The van der Waals surface area contributed by atoms with Crippen molar-refractivity contribution in [2.24, 2.45) is 0 Å². The quantitative estimate of drug-likeness (QED) is 0.375. The van der Waals surface area contributed by atoms with E-state index < -0.39 is 4.92 Å². The molecule has 0 aliphatic heterocycles. The molecule has 0 aliphatic carbocycles. The van der Waals surface area contributed by atoms with Crippen LogP contribution in [-0.4, -0.2) is 12.0 Å². The lowest BCUT2D eigenvalue weighted by Crippen LogP contribution is -1.98. The summed E-state index contributed by atoms with van der Waals surface area (Å²) in [5, 5.41) is 13.6. The van der Waals surface area contributed by atoms with Crippen molar-refractivity contribution in [2.45, 2.75) is 13.8 Å². The summed E-state index contributed by atoms with van der Waals surface area (Å²) >= 11 is 0. The van der Waals surface area contributed by atoms with Crippen LogP contribution >= 0.6 is 0 Å². The third-order valence-electron chi connectivity index (χ3n) is 2.24. The first-order valence-electron chi connectivity index (χ1n) is 5.52. The molecule has 0 aromatic heterocycles. The summed E-state index contributed by atoms with van der Waals surface area (Å²) in [5.74, 6) is 1.09. The van der Waals surface area contributed by atoms with Gasteiger partial charge in [-0.15, -0.1) is 0 Å². The first-order chi connectivity index (χ1) is 8.58. The fourth-order valence-electron chi connectivity index (χ4n) is 1.35. The molecule has 0 heterocycles. The summed E-state index contributed by atoms with van der Waals surface area (Å²) in [5.41, 5.74) is 0.705. The van der Waals surface area contributed by atoms with Gasteiger partial charge in [0.2, 0.25) is 0 Å². The number of rotatable bonds is 5. The molecule has 0 aliphatic rings. The van der Waals surface area contributed by atoms with Gasteiger partial charge in [0.1, 0.15) is 5.76 Å². The van der Waals surface area contributed by atoms with Crippen LogP contribution in [0.4, 0.5) is 11.4 Å². The minimum absolute atomic E-state index is 0.00262. The molecular weight excluding hydrogens is 232 g/mol. The van der Waals surface area contributed by atoms with E-state index in [4.69, 9.17) is 4.74 Å². The molecule has 0 fully saturated rings. The highest BCUT2D eigenvalue weighted by molar-refractivity contribution is 5.60. The second-order valence-electron chi connectivity index (χ2n) is 3.59. The molecule has 0 bridgehead atoms. The number of nitro benzene ring substituents is 1. The number of nitrogens with one attached hydrogen (secondary N) is 1. The lowest BCUT2D eigenvalue weighted by atomic mass is 10.2. The first-order valence-corrected chi connectivity index (χ1v) is 5.52. The first kappa shape index (κ1) is 13.8. The Morgan fingerprint density at radius 3 is 2.78 bits per heavy atom. The van der Waals surface area contributed by atoms with Crippen molar-refractivity contribution in [3.63, 3.8) is 0 Å². The lowest BCUT2D eigenvalue weighted by molar-refractivity contribution is -0.384. The molecule has 0 amide bonds. The Hall–Kier alpha value is -2.30. The van der Waals surface area contributed by atoms with Gasteiger partial charge >= 0.3 is 0 Å². The molecule has 1 aromatic carbocycles. The molecule has 0 atom stereocenters. The zero-order valence-corrected chi connectivity index (χ0v) is 10.6. The Bertz CT molecular complexity index is 493. The summed E-state index contributed by atoms with van der Waals surface area (Å²) < 4.78 is 5.57. The van der Waals surface area contributed by atoms with Crippen molar-refractivity contribution in [2.75, 3.05) is 12.4 Å². The van der Waals surface area contributed by atoms with Gasteiger partial charge in [-0.05, 0) is 26.0 Å². The fourth-order valence-corrected chi connectivity index (χ4v) is 1.35. The molecule has 5 nitrogen and oxygen atoms in total. The standard InChI is InChI=1S/C13H16N2O3/c1-4-5-6-10(2)18-13-9-11(15(16)17)7-8-12(13)14-3/h4-9,14H,1-3H3/b5-4-,10-6+. The van der Waals surface area contributed by atoms with Crippen LogP contribution < -0.4 is 10.1 Å². The van der Waals surface area contributed by atoms with Crippen LogP contribution in [0.15, 0.2) is 42.2 Å². The minimum Gasteiger partial charge on any atom is -0.460 e. The van der Waals surface area contributed by atoms with Gasteiger partial charge in [0.05, 0.1) is 16.7 Å². The highest BCUT2D eigenvalue weighted by Crippen LogP contribution is 2.30. The number of nitrogens with zero attached hydrogens (tertiary/aromatic N) is 1. The summed E-state index contributed by atoms with van der Waals surface area (Å²) in [7, 11) is 1.74. The van der Waals surface area contributed by atoms with Crippen molar-refractivity contribution in [1.29, 1.82) is 0 Å². The van der Waals surface area contributed by atoms with Crippen molar-refractivity contribution in [1.82, 2.24) is 0 Å². The number of nitro groups is 1. The van der Waals surface area contributed by atoms with Crippen LogP contribution in [0.3, 0.4) is 0 Å². The van der Waals surface area contributed by atoms with E-state index in [-0.39, 0.29) is 5.69 Å². The molecule has 0 unspecified atom stereocenters. The number of hydrogen-bond acceptors (Lipinski definition) is 4. The SMILES string of the molecule is C/C=C\C=C(/C)Oc1cc([N+](=O)[O-])ccc1NC. The molecule has 96 valence electrons. The van der Waals surface area contributed by atoms with Gasteiger partial charge < -0.3 is 10.1 Å². The summed E-state index contributed by atoms with van der Waals surface area (Å²) in [6.45, 7) is 3.69. The topological polar surface area (TPSA) is 64.4 Å². The molecule has 0 spiro atoms. The number of ether oxygens (including phenoxy) is 1. The molecular formula is C13H16N2O3. The average Bonchev–Trinajstić information content (AvgIpc) is 2.36. The minimum atomic E-state index is -0.447. The van der Waals surface area contributed by atoms with Gasteiger partial charge in [-0.1, -0.05) is 12.2 Å². The van der Waals surface area contributed by atoms with E-state index in [0.717, 1.165) is 0 Å². The van der Waals surface area contributed by atoms with Crippen LogP contribution in [0.25, 0.3) is 0 Å². The van der Waals surface area contributed by atoms with Gasteiger partial charge in [0, 0.05) is 13.1 Å². The van der Waals surface area contributed by atoms with E-state index in [1.807, 2.05) is 19.1 Å². The molecule has 0 radical (unpaired) electrons. The Kier molecular flexibility index (Phi) is 4.92. The Labute approximate surface area is 106 Å². The third-order valence-corrected chi connectivity index (χ3v) is 2.24. The molecule has 1 N–H and O–H groups in total. The zero-order chi connectivity index (χ0) is 13.5. The number of hydrogen-bond donors (Lipinski definition) is 1. The molecule has 0 saturated carbocycles. The Balaban J connectivity index is 3.05.